The zero-order valence-corrected chi connectivity index (χ0v) is 7.75. The number of fused-ring (bicyclic) bond motifs is 2. The number of aliphatic hydroxyl groups is 1. The van der Waals surface area contributed by atoms with Gasteiger partial charge in [-0.25, -0.2) is 0 Å². The first-order valence-corrected chi connectivity index (χ1v) is 4.81. The van der Waals surface area contributed by atoms with Crippen LogP contribution in [0.1, 0.15) is 32.6 Å². The normalized spacial score (nSPS) is 43.7. The molecule has 2 aliphatic rings. The van der Waals surface area contributed by atoms with Gasteiger partial charge >= 0.3 is 0 Å². The molecule has 3 heteroatoms. The molecule has 0 heterocycles. The number of hydrogen-bond donors (Lipinski definition) is 1. The van der Waals surface area contributed by atoms with E-state index in [2.05, 4.69) is 0 Å². The van der Waals surface area contributed by atoms with E-state index >= 15 is 0 Å². The summed E-state index contributed by atoms with van der Waals surface area (Å²) in [5.41, 5.74) is -0.704. The number of hydrogen-bond acceptors (Lipinski definition) is 3. The quantitative estimate of drug-likeness (QED) is 0.607. The maximum absolute atomic E-state index is 11.8. The van der Waals surface area contributed by atoms with Gasteiger partial charge in [-0.3, -0.25) is 9.59 Å². The summed E-state index contributed by atoms with van der Waals surface area (Å²) in [5, 5.41) is 9.53. The molecule has 3 nitrogen and oxygen atoms in total. The summed E-state index contributed by atoms with van der Waals surface area (Å²) in [6.45, 7) is 1.50. The van der Waals surface area contributed by atoms with Gasteiger partial charge < -0.3 is 5.11 Å². The molecular weight excluding hydrogens is 168 g/mol. The van der Waals surface area contributed by atoms with E-state index in [9.17, 15) is 14.7 Å². The van der Waals surface area contributed by atoms with Crippen molar-refractivity contribution >= 4 is 11.6 Å². The van der Waals surface area contributed by atoms with Crippen molar-refractivity contribution in [3.05, 3.63) is 0 Å². The third-order valence-electron chi connectivity index (χ3n) is 3.70. The Kier molecular flexibility index (Phi) is 1.80. The Morgan fingerprint density at radius 1 is 1.46 bits per heavy atom. The number of carbonyl (C=O) groups excluding carboxylic acids is 2. The van der Waals surface area contributed by atoms with Crippen LogP contribution in [-0.4, -0.2) is 22.8 Å². The Labute approximate surface area is 77.1 Å². The lowest BCUT2D eigenvalue weighted by molar-refractivity contribution is -0.144. The summed E-state index contributed by atoms with van der Waals surface area (Å²) in [6, 6.07) is 0. The van der Waals surface area contributed by atoms with Crippen LogP contribution < -0.4 is 0 Å². The molecule has 3 atom stereocenters. The Hall–Kier alpha value is -0.700. The van der Waals surface area contributed by atoms with E-state index in [4.69, 9.17) is 0 Å². The molecule has 2 bridgehead atoms. The molecule has 2 fully saturated rings. The number of ketones is 2. The highest BCUT2D eigenvalue weighted by Gasteiger charge is 2.55. The molecule has 2 aliphatic carbocycles. The summed E-state index contributed by atoms with van der Waals surface area (Å²) in [5.74, 6) is -0.261. The summed E-state index contributed by atoms with van der Waals surface area (Å²) in [7, 11) is 0. The molecule has 0 radical (unpaired) electrons. The van der Waals surface area contributed by atoms with Crippen LogP contribution in [0.5, 0.6) is 0 Å². The minimum Gasteiger partial charge on any atom is -0.392 e. The Morgan fingerprint density at radius 2 is 2.08 bits per heavy atom. The maximum atomic E-state index is 11.8. The third-order valence-corrected chi connectivity index (χ3v) is 3.70. The summed E-state index contributed by atoms with van der Waals surface area (Å²) in [4.78, 5) is 23.2. The number of carbonyl (C=O) groups is 2. The van der Waals surface area contributed by atoms with Gasteiger partial charge in [0.15, 0.2) is 5.78 Å². The van der Waals surface area contributed by atoms with Gasteiger partial charge in [0.25, 0.3) is 0 Å². The van der Waals surface area contributed by atoms with Crippen molar-refractivity contribution in [3.8, 4) is 0 Å². The highest BCUT2D eigenvalue weighted by atomic mass is 16.3. The second kappa shape index (κ2) is 2.64. The van der Waals surface area contributed by atoms with Gasteiger partial charge in [0.2, 0.25) is 0 Å². The van der Waals surface area contributed by atoms with Gasteiger partial charge in [-0.1, -0.05) is 0 Å². The molecule has 13 heavy (non-hydrogen) atoms. The van der Waals surface area contributed by atoms with E-state index in [-0.39, 0.29) is 17.5 Å². The van der Waals surface area contributed by atoms with E-state index < -0.39 is 11.5 Å². The molecule has 0 saturated heterocycles. The predicted octanol–water partition coefficient (Wildman–Crippen LogP) is 0.696. The van der Waals surface area contributed by atoms with Gasteiger partial charge in [0, 0.05) is 5.92 Å². The monoisotopic (exact) mass is 182 g/mol. The van der Waals surface area contributed by atoms with Crippen molar-refractivity contribution < 1.29 is 14.7 Å². The molecular formula is C10H14O3. The predicted molar refractivity (Wildman–Crippen MR) is 46.1 cm³/mol. The Balaban J connectivity index is 2.35. The lowest BCUT2D eigenvalue weighted by Crippen LogP contribution is -2.43. The minimum absolute atomic E-state index is 0.00116. The molecule has 2 saturated carbocycles. The SMILES string of the molecule is CC(=O)C12CCC(O)C(CC1)C2=O. The minimum atomic E-state index is -0.704. The first-order valence-electron chi connectivity index (χ1n) is 4.81. The fraction of sp³-hybridized carbons (Fsp3) is 0.800. The van der Waals surface area contributed by atoms with Crippen molar-refractivity contribution in [1.29, 1.82) is 0 Å². The average Bonchev–Trinajstić information content (AvgIpc) is 2.28. The third kappa shape index (κ3) is 0.998. The molecule has 2 rings (SSSR count). The van der Waals surface area contributed by atoms with Crippen molar-refractivity contribution in [2.75, 3.05) is 0 Å². The van der Waals surface area contributed by atoms with Crippen LogP contribution in [0.25, 0.3) is 0 Å². The Morgan fingerprint density at radius 3 is 2.69 bits per heavy atom. The first-order chi connectivity index (χ1) is 6.08. The summed E-state index contributed by atoms with van der Waals surface area (Å²) in [6.07, 6.45) is 2.01. The highest BCUT2D eigenvalue weighted by molar-refractivity contribution is 6.09. The lowest BCUT2D eigenvalue weighted by atomic mass is 9.71. The molecule has 0 aromatic heterocycles. The second-order valence-corrected chi connectivity index (χ2v) is 4.25. The average molecular weight is 182 g/mol. The molecule has 0 aromatic carbocycles. The fourth-order valence-corrected chi connectivity index (χ4v) is 2.75. The maximum Gasteiger partial charge on any atom is 0.152 e. The van der Waals surface area contributed by atoms with Crippen LogP contribution in [0.15, 0.2) is 0 Å². The summed E-state index contributed by atoms with van der Waals surface area (Å²) < 4.78 is 0. The van der Waals surface area contributed by atoms with E-state index in [1.54, 1.807) is 0 Å². The molecule has 0 aliphatic heterocycles. The topological polar surface area (TPSA) is 54.4 Å². The van der Waals surface area contributed by atoms with E-state index in [1.807, 2.05) is 0 Å². The van der Waals surface area contributed by atoms with Gasteiger partial charge in [0.05, 0.1) is 11.5 Å². The zero-order valence-electron chi connectivity index (χ0n) is 7.75. The number of Topliss-reactive ketones (excluding diaryl/α,β-unsaturated/α-hetero) is 2. The number of aliphatic hydroxyl groups excluding tert-OH is 1. The zero-order chi connectivity index (χ0) is 9.64. The van der Waals surface area contributed by atoms with Crippen LogP contribution in [-0.2, 0) is 9.59 Å². The molecule has 0 aromatic rings. The first kappa shape index (κ1) is 8.88. The van der Waals surface area contributed by atoms with Crippen molar-refractivity contribution in [3.63, 3.8) is 0 Å². The smallest absolute Gasteiger partial charge is 0.152 e. The molecule has 3 unspecified atom stereocenters. The van der Waals surface area contributed by atoms with Crippen molar-refractivity contribution in [1.82, 2.24) is 0 Å². The second-order valence-electron chi connectivity index (χ2n) is 4.25. The largest absolute Gasteiger partial charge is 0.392 e. The Bertz CT molecular complexity index is 271. The van der Waals surface area contributed by atoms with Gasteiger partial charge in [-0.15, -0.1) is 0 Å². The van der Waals surface area contributed by atoms with Gasteiger partial charge in [-0.05, 0) is 32.6 Å². The standard InChI is InChI=1S/C10H14O3/c1-6(11)10-4-2-7(9(10)13)8(12)3-5-10/h7-8,12H,2-5H2,1H3. The van der Waals surface area contributed by atoms with E-state index in [1.165, 1.54) is 6.92 Å². The van der Waals surface area contributed by atoms with Crippen molar-refractivity contribution in [2.24, 2.45) is 11.3 Å². The molecule has 1 N–H and O–H groups in total. The molecule has 0 amide bonds. The highest BCUT2D eigenvalue weighted by Crippen LogP contribution is 2.49. The van der Waals surface area contributed by atoms with Crippen LogP contribution in [0.4, 0.5) is 0 Å². The van der Waals surface area contributed by atoms with Crippen LogP contribution in [0.3, 0.4) is 0 Å². The van der Waals surface area contributed by atoms with E-state index in [0.717, 1.165) is 0 Å². The molecule has 0 spiro atoms. The van der Waals surface area contributed by atoms with Gasteiger partial charge in [-0.2, -0.15) is 0 Å². The van der Waals surface area contributed by atoms with Crippen molar-refractivity contribution in [2.45, 2.75) is 38.7 Å². The lowest BCUT2D eigenvalue weighted by Gasteiger charge is -2.31. The number of rotatable bonds is 1. The van der Waals surface area contributed by atoms with Gasteiger partial charge in [0.1, 0.15) is 5.78 Å². The molecule has 72 valence electrons. The van der Waals surface area contributed by atoms with Crippen LogP contribution in [0.2, 0.25) is 0 Å². The fourth-order valence-electron chi connectivity index (χ4n) is 2.75. The van der Waals surface area contributed by atoms with Crippen LogP contribution >= 0.6 is 0 Å². The summed E-state index contributed by atoms with van der Waals surface area (Å²) >= 11 is 0. The van der Waals surface area contributed by atoms with E-state index in [0.29, 0.717) is 25.7 Å². The van der Waals surface area contributed by atoms with Crippen LogP contribution in [0, 0.1) is 11.3 Å².